The minimum atomic E-state index is -0.459. The van der Waals surface area contributed by atoms with Crippen molar-refractivity contribution in [2.45, 2.75) is 13.1 Å². The Morgan fingerprint density at radius 2 is 2.00 bits per heavy atom. The fourth-order valence-corrected chi connectivity index (χ4v) is 2.23. The molecule has 0 aliphatic carbocycles. The highest BCUT2D eigenvalue weighted by Gasteiger charge is 2.07. The molecule has 0 saturated heterocycles. The van der Waals surface area contributed by atoms with Gasteiger partial charge in [0.15, 0.2) is 0 Å². The van der Waals surface area contributed by atoms with Crippen LogP contribution in [0.3, 0.4) is 0 Å². The maximum absolute atomic E-state index is 13.2. The Labute approximate surface area is 122 Å². The number of halogens is 2. The molecule has 20 heavy (non-hydrogen) atoms. The Balaban J connectivity index is 2.44. The third-order valence-electron chi connectivity index (χ3n) is 2.84. The quantitative estimate of drug-likeness (QED) is 0.898. The molecule has 0 bridgehead atoms. The number of hydrogen-bond acceptors (Lipinski definition) is 3. The fourth-order valence-electron chi connectivity index (χ4n) is 1.86. The highest BCUT2D eigenvalue weighted by Crippen LogP contribution is 2.18. The van der Waals surface area contributed by atoms with Crippen molar-refractivity contribution >= 4 is 15.9 Å². The van der Waals surface area contributed by atoms with E-state index in [0.717, 1.165) is 4.57 Å². The summed E-state index contributed by atoms with van der Waals surface area (Å²) in [6, 6.07) is 5.54. The molecule has 5 nitrogen and oxygen atoms in total. The predicted octanol–water partition coefficient (Wildman–Crippen LogP) is 0.919. The Bertz CT molecular complexity index is 739. The van der Waals surface area contributed by atoms with Gasteiger partial charge in [0, 0.05) is 29.8 Å². The van der Waals surface area contributed by atoms with Crippen molar-refractivity contribution in [2.75, 3.05) is 6.54 Å². The van der Waals surface area contributed by atoms with Crippen LogP contribution in [0.1, 0.15) is 5.56 Å². The molecule has 0 radical (unpaired) electrons. The molecule has 0 aliphatic heterocycles. The minimum absolute atomic E-state index is 0.156. The number of nitrogens with zero attached hydrogens (tertiary/aromatic N) is 2. The Kier molecular flexibility index (Phi) is 4.51. The van der Waals surface area contributed by atoms with Gasteiger partial charge in [0.1, 0.15) is 5.82 Å². The Morgan fingerprint density at radius 1 is 1.25 bits per heavy atom. The van der Waals surface area contributed by atoms with Crippen molar-refractivity contribution in [3.05, 3.63) is 67.2 Å². The van der Waals surface area contributed by atoms with E-state index in [0.29, 0.717) is 10.0 Å². The zero-order valence-electron chi connectivity index (χ0n) is 10.6. The second-order valence-electron chi connectivity index (χ2n) is 4.24. The lowest BCUT2D eigenvalue weighted by molar-refractivity contribution is 0.576. The summed E-state index contributed by atoms with van der Waals surface area (Å²) in [5, 5.41) is 0. The van der Waals surface area contributed by atoms with Crippen LogP contribution >= 0.6 is 15.9 Å². The van der Waals surface area contributed by atoms with Gasteiger partial charge in [-0.1, -0.05) is 15.9 Å². The van der Waals surface area contributed by atoms with Crippen LogP contribution in [-0.4, -0.2) is 15.7 Å². The van der Waals surface area contributed by atoms with E-state index in [2.05, 4.69) is 15.9 Å². The first-order valence-electron chi connectivity index (χ1n) is 5.97. The molecular weight excluding hydrogens is 329 g/mol. The first-order valence-corrected chi connectivity index (χ1v) is 6.76. The first kappa shape index (κ1) is 14.7. The van der Waals surface area contributed by atoms with Gasteiger partial charge in [-0.3, -0.25) is 13.9 Å². The molecule has 0 atom stereocenters. The second-order valence-corrected chi connectivity index (χ2v) is 5.09. The van der Waals surface area contributed by atoms with E-state index < -0.39 is 11.2 Å². The lowest BCUT2D eigenvalue weighted by Crippen LogP contribution is -2.40. The molecule has 106 valence electrons. The van der Waals surface area contributed by atoms with Crippen molar-refractivity contribution in [3.8, 4) is 0 Å². The summed E-state index contributed by atoms with van der Waals surface area (Å²) in [7, 11) is 0. The van der Waals surface area contributed by atoms with Crippen molar-refractivity contribution in [1.29, 1.82) is 0 Å². The Morgan fingerprint density at radius 3 is 2.70 bits per heavy atom. The third-order valence-corrected chi connectivity index (χ3v) is 3.61. The first-order chi connectivity index (χ1) is 9.52. The number of nitrogens with two attached hydrogens (primary N) is 1. The van der Waals surface area contributed by atoms with E-state index in [1.165, 1.54) is 29.0 Å². The van der Waals surface area contributed by atoms with E-state index in [-0.39, 0.29) is 25.5 Å². The summed E-state index contributed by atoms with van der Waals surface area (Å²) >= 11 is 3.31. The maximum Gasteiger partial charge on any atom is 0.331 e. The lowest BCUT2D eigenvalue weighted by Gasteiger charge is -2.10. The molecule has 1 heterocycles. The van der Waals surface area contributed by atoms with Crippen LogP contribution in [0.2, 0.25) is 0 Å². The summed E-state index contributed by atoms with van der Waals surface area (Å²) in [6.07, 6.45) is 1.40. The van der Waals surface area contributed by atoms with Gasteiger partial charge in [0.25, 0.3) is 5.56 Å². The number of rotatable bonds is 4. The van der Waals surface area contributed by atoms with Crippen molar-refractivity contribution < 1.29 is 4.39 Å². The van der Waals surface area contributed by atoms with Crippen LogP contribution in [0, 0.1) is 5.82 Å². The van der Waals surface area contributed by atoms with Crippen LogP contribution in [0.5, 0.6) is 0 Å². The molecule has 2 rings (SSSR count). The smallest absolute Gasteiger partial charge is 0.329 e. The maximum atomic E-state index is 13.2. The highest BCUT2D eigenvalue weighted by atomic mass is 79.9. The minimum Gasteiger partial charge on any atom is -0.329 e. The van der Waals surface area contributed by atoms with Crippen molar-refractivity contribution in [1.82, 2.24) is 9.13 Å². The molecule has 0 saturated carbocycles. The van der Waals surface area contributed by atoms with E-state index in [1.54, 1.807) is 6.07 Å². The fraction of sp³-hybridized carbons (Fsp3) is 0.231. The van der Waals surface area contributed by atoms with Gasteiger partial charge >= 0.3 is 5.69 Å². The average Bonchev–Trinajstić information content (AvgIpc) is 2.42. The van der Waals surface area contributed by atoms with Crippen LogP contribution in [-0.2, 0) is 13.1 Å². The summed E-state index contributed by atoms with van der Waals surface area (Å²) in [5.41, 5.74) is 5.14. The van der Waals surface area contributed by atoms with Gasteiger partial charge in [0.05, 0.1) is 6.54 Å². The predicted molar refractivity (Wildman–Crippen MR) is 77.2 cm³/mol. The average molecular weight is 342 g/mol. The van der Waals surface area contributed by atoms with Gasteiger partial charge in [-0.15, -0.1) is 0 Å². The normalized spacial score (nSPS) is 10.8. The molecule has 0 unspecified atom stereocenters. The molecular formula is C13H13BrFN3O2. The van der Waals surface area contributed by atoms with Gasteiger partial charge in [-0.05, 0) is 23.8 Å². The van der Waals surface area contributed by atoms with Crippen LogP contribution < -0.4 is 17.0 Å². The van der Waals surface area contributed by atoms with Gasteiger partial charge in [-0.25, -0.2) is 9.18 Å². The third kappa shape index (κ3) is 3.05. The number of aromatic nitrogens is 2. The number of hydrogen-bond donors (Lipinski definition) is 1. The largest absolute Gasteiger partial charge is 0.331 e. The van der Waals surface area contributed by atoms with Gasteiger partial charge in [0.2, 0.25) is 0 Å². The SMILES string of the molecule is NCCn1c(=O)ccn(Cc2cc(F)ccc2Br)c1=O. The molecule has 7 heteroatoms. The molecule has 0 amide bonds. The zero-order chi connectivity index (χ0) is 14.7. The number of benzene rings is 1. The van der Waals surface area contributed by atoms with E-state index in [1.807, 2.05) is 0 Å². The van der Waals surface area contributed by atoms with Gasteiger partial charge in [-0.2, -0.15) is 0 Å². The van der Waals surface area contributed by atoms with Crippen LogP contribution in [0.25, 0.3) is 0 Å². The standard InChI is InChI=1S/C13H13BrFN3O2/c14-11-2-1-10(15)7-9(11)8-17-5-3-12(19)18(6-4-16)13(17)20/h1-3,5,7H,4,6,8,16H2. The summed E-state index contributed by atoms with van der Waals surface area (Å²) in [6.45, 7) is 0.522. The second kappa shape index (κ2) is 6.15. The zero-order valence-corrected chi connectivity index (χ0v) is 12.1. The molecule has 0 spiro atoms. The Hall–Kier alpha value is -1.73. The topological polar surface area (TPSA) is 70.0 Å². The van der Waals surface area contributed by atoms with Crippen LogP contribution in [0.4, 0.5) is 4.39 Å². The molecule has 0 fully saturated rings. The van der Waals surface area contributed by atoms with Gasteiger partial charge < -0.3 is 5.73 Å². The molecule has 2 aromatic rings. The van der Waals surface area contributed by atoms with E-state index in [9.17, 15) is 14.0 Å². The van der Waals surface area contributed by atoms with Crippen molar-refractivity contribution in [2.24, 2.45) is 5.73 Å². The van der Waals surface area contributed by atoms with E-state index >= 15 is 0 Å². The summed E-state index contributed by atoms with van der Waals surface area (Å²) < 4.78 is 16.3. The highest BCUT2D eigenvalue weighted by molar-refractivity contribution is 9.10. The van der Waals surface area contributed by atoms with Crippen molar-refractivity contribution in [3.63, 3.8) is 0 Å². The molecule has 0 aliphatic rings. The van der Waals surface area contributed by atoms with E-state index in [4.69, 9.17) is 5.73 Å². The summed E-state index contributed by atoms with van der Waals surface area (Å²) in [5.74, 6) is -0.383. The lowest BCUT2D eigenvalue weighted by atomic mass is 10.2. The molecule has 2 N–H and O–H groups in total. The summed E-state index contributed by atoms with van der Waals surface area (Å²) in [4.78, 5) is 23.7. The van der Waals surface area contributed by atoms with Crippen LogP contribution in [0.15, 0.2) is 44.5 Å². The molecule has 1 aromatic carbocycles. The monoisotopic (exact) mass is 341 g/mol. The molecule has 1 aromatic heterocycles.